The van der Waals surface area contributed by atoms with Crippen LogP contribution in [0.1, 0.15) is 23.1 Å². The first-order valence-electron chi connectivity index (χ1n) is 11.6. The molecule has 0 saturated heterocycles. The van der Waals surface area contributed by atoms with Crippen LogP contribution in [-0.2, 0) is 19.9 Å². The summed E-state index contributed by atoms with van der Waals surface area (Å²) < 4.78 is 28.5. The molecule has 0 saturated carbocycles. The molecule has 192 valence electrons. The van der Waals surface area contributed by atoms with Crippen molar-refractivity contribution < 1.29 is 33.6 Å². The molecule has 0 fully saturated rings. The summed E-state index contributed by atoms with van der Waals surface area (Å²) in [7, 11) is 4.86. The molecule has 1 unspecified atom stereocenters. The Balaban J connectivity index is 2.05. The van der Waals surface area contributed by atoms with Gasteiger partial charge in [0.25, 0.3) is 0 Å². The van der Waals surface area contributed by atoms with Crippen LogP contribution in [0.15, 0.2) is 72.8 Å². The zero-order valence-corrected chi connectivity index (χ0v) is 20.8. The lowest BCUT2D eigenvalue weighted by Crippen LogP contribution is -2.35. The Morgan fingerprint density at radius 2 is 1.14 bits per heavy atom. The number of aliphatic carboxylic acids is 1. The summed E-state index contributed by atoms with van der Waals surface area (Å²) in [5, 5.41) is 9.08. The number of hydrogen-bond acceptors (Lipinski definition) is 7. The minimum Gasteiger partial charge on any atom is -0.497 e. The third-order valence-corrected chi connectivity index (χ3v) is 5.91. The second kappa shape index (κ2) is 12.9. The molecule has 0 amide bonds. The van der Waals surface area contributed by atoms with Gasteiger partial charge in [-0.05, 0) is 53.1 Å². The summed E-state index contributed by atoms with van der Waals surface area (Å²) in [4.78, 5) is 11.1. The third kappa shape index (κ3) is 6.34. The zero-order valence-electron chi connectivity index (χ0n) is 20.8. The van der Waals surface area contributed by atoms with Crippen LogP contribution in [0.4, 0.5) is 0 Å². The summed E-state index contributed by atoms with van der Waals surface area (Å²) in [6, 6.07) is 23.1. The molecule has 0 aliphatic rings. The van der Waals surface area contributed by atoms with Crippen LogP contribution in [0.3, 0.4) is 0 Å². The number of carboxylic acids is 1. The zero-order chi connectivity index (χ0) is 26.0. The number of benzene rings is 3. The lowest BCUT2D eigenvalue weighted by Gasteiger charge is -2.36. The minimum atomic E-state index is -1.01. The Hall–Kier alpha value is -3.59. The maximum atomic E-state index is 11.1. The molecule has 0 aliphatic heterocycles. The first-order valence-corrected chi connectivity index (χ1v) is 11.6. The molecule has 0 spiro atoms. The molecule has 36 heavy (non-hydrogen) atoms. The number of methoxy groups -OCH3 is 3. The molecule has 3 aromatic carbocycles. The minimum absolute atomic E-state index is 0.104. The van der Waals surface area contributed by atoms with E-state index >= 15 is 0 Å². The molecule has 1 atom stereocenters. The van der Waals surface area contributed by atoms with Gasteiger partial charge in [0.2, 0.25) is 0 Å². The summed E-state index contributed by atoms with van der Waals surface area (Å²) in [6.07, 6.45) is -0.764. The van der Waals surface area contributed by atoms with Crippen LogP contribution in [0.25, 0.3) is 0 Å². The summed E-state index contributed by atoms with van der Waals surface area (Å²) in [5.74, 6) is 1.20. The van der Waals surface area contributed by atoms with Gasteiger partial charge in [0, 0.05) is 6.54 Å². The number of hydrogen-bond donors (Lipinski definition) is 2. The smallest absolute Gasteiger partial charge is 0.306 e. The number of carbonyl (C=O) groups is 1. The third-order valence-electron chi connectivity index (χ3n) is 5.91. The number of nitrogens with two attached hydrogens (primary N) is 1. The standard InChI is InChI=1S/C28H33NO7/c1-32-23-10-4-20(5-11-23)28(21-6-12-24(33-2)13-7-21,22-8-14-25(34-3)15-9-22)36-17-16-35-26(19-29)18-27(30)31/h4-15,26H,16-19,29H2,1-3H3,(H,30,31). The highest BCUT2D eigenvalue weighted by Crippen LogP contribution is 2.42. The fourth-order valence-electron chi connectivity index (χ4n) is 4.04. The van der Waals surface area contributed by atoms with Gasteiger partial charge in [-0.25, -0.2) is 0 Å². The molecule has 3 N–H and O–H groups in total. The Morgan fingerprint density at radius 3 is 1.44 bits per heavy atom. The molecular formula is C28H33NO7. The van der Waals surface area contributed by atoms with E-state index in [-0.39, 0.29) is 26.2 Å². The quantitative estimate of drug-likeness (QED) is 0.256. The van der Waals surface area contributed by atoms with Crippen LogP contribution in [0, 0.1) is 0 Å². The highest BCUT2D eigenvalue weighted by Gasteiger charge is 2.38. The van der Waals surface area contributed by atoms with Gasteiger partial charge in [0.05, 0.1) is 47.1 Å². The molecule has 8 nitrogen and oxygen atoms in total. The second-order valence-corrected chi connectivity index (χ2v) is 8.04. The van der Waals surface area contributed by atoms with E-state index in [1.54, 1.807) is 21.3 Å². The fraction of sp³-hybridized carbons (Fsp3) is 0.321. The molecular weight excluding hydrogens is 462 g/mol. The van der Waals surface area contributed by atoms with Crippen LogP contribution in [0.2, 0.25) is 0 Å². The van der Waals surface area contributed by atoms with E-state index in [2.05, 4.69) is 0 Å². The van der Waals surface area contributed by atoms with Crippen LogP contribution < -0.4 is 19.9 Å². The molecule has 0 bridgehead atoms. The van der Waals surface area contributed by atoms with Gasteiger partial charge >= 0.3 is 5.97 Å². The van der Waals surface area contributed by atoms with Gasteiger partial charge in [-0.15, -0.1) is 0 Å². The monoisotopic (exact) mass is 495 g/mol. The van der Waals surface area contributed by atoms with Crippen molar-refractivity contribution >= 4 is 5.97 Å². The van der Waals surface area contributed by atoms with Crippen molar-refractivity contribution in [1.29, 1.82) is 0 Å². The molecule has 0 heterocycles. The molecule has 0 radical (unpaired) electrons. The largest absolute Gasteiger partial charge is 0.497 e. The van der Waals surface area contributed by atoms with Gasteiger partial charge in [-0.2, -0.15) is 0 Å². The number of carboxylic acid groups (broad SMARTS) is 1. The Bertz CT molecular complexity index is 967. The van der Waals surface area contributed by atoms with Crippen LogP contribution >= 0.6 is 0 Å². The van der Waals surface area contributed by atoms with Crippen molar-refractivity contribution in [1.82, 2.24) is 0 Å². The van der Waals surface area contributed by atoms with Gasteiger partial charge < -0.3 is 34.5 Å². The number of ether oxygens (including phenoxy) is 5. The lowest BCUT2D eigenvalue weighted by molar-refractivity contribution is -0.140. The topological polar surface area (TPSA) is 109 Å². The molecule has 0 aliphatic carbocycles. The Kier molecular flexibility index (Phi) is 9.69. The van der Waals surface area contributed by atoms with E-state index in [1.165, 1.54) is 0 Å². The average Bonchev–Trinajstić information content (AvgIpc) is 2.92. The highest BCUT2D eigenvalue weighted by molar-refractivity contribution is 5.67. The van der Waals surface area contributed by atoms with Crippen LogP contribution in [-0.4, -0.2) is 58.3 Å². The average molecular weight is 496 g/mol. The second-order valence-electron chi connectivity index (χ2n) is 8.04. The van der Waals surface area contributed by atoms with E-state index in [1.807, 2.05) is 72.8 Å². The predicted molar refractivity (Wildman–Crippen MR) is 136 cm³/mol. The van der Waals surface area contributed by atoms with Crippen molar-refractivity contribution in [3.05, 3.63) is 89.5 Å². The van der Waals surface area contributed by atoms with E-state index in [9.17, 15) is 4.79 Å². The van der Waals surface area contributed by atoms with Gasteiger partial charge in [0.15, 0.2) is 0 Å². The van der Waals surface area contributed by atoms with Crippen LogP contribution in [0.5, 0.6) is 17.2 Å². The maximum absolute atomic E-state index is 11.1. The first kappa shape index (κ1) is 27.0. The summed E-state index contributed by atoms with van der Waals surface area (Å²) in [6.45, 7) is 0.451. The highest BCUT2D eigenvalue weighted by atomic mass is 16.5. The van der Waals surface area contributed by atoms with Gasteiger partial charge in [-0.3, -0.25) is 4.79 Å². The Morgan fingerprint density at radius 1 is 0.750 bits per heavy atom. The first-order chi connectivity index (χ1) is 17.5. The molecule has 8 heteroatoms. The summed E-state index contributed by atoms with van der Waals surface area (Å²) >= 11 is 0. The van der Waals surface area contributed by atoms with E-state index in [0.717, 1.165) is 33.9 Å². The molecule has 0 aromatic heterocycles. The maximum Gasteiger partial charge on any atom is 0.306 e. The Labute approximate surface area is 211 Å². The SMILES string of the molecule is COc1ccc(C(OCCOC(CN)CC(=O)O)(c2ccc(OC)cc2)c2ccc(OC)cc2)cc1. The lowest BCUT2D eigenvalue weighted by atomic mass is 9.80. The molecule has 3 rings (SSSR count). The van der Waals surface area contributed by atoms with E-state index in [0.29, 0.717) is 0 Å². The normalized spacial score (nSPS) is 12.1. The van der Waals surface area contributed by atoms with Gasteiger partial charge in [0.1, 0.15) is 22.8 Å². The predicted octanol–water partition coefficient (Wildman–Crippen LogP) is 3.84. The van der Waals surface area contributed by atoms with E-state index < -0.39 is 17.7 Å². The van der Waals surface area contributed by atoms with Gasteiger partial charge in [-0.1, -0.05) is 36.4 Å². The van der Waals surface area contributed by atoms with Crippen molar-refractivity contribution in [2.45, 2.75) is 18.1 Å². The van der Waals surface area contributed by atoms with Crippen molar-refractivity contribution in [3.8, 4) is 17.2 Å². The molecule has 3 aromatic rings. The number of rotatable bonds is 14. The van der Waals surface area contributed by atoms with Crippen molar-refractivity contribution in [2.75, 3.05) is 41.1 Å². The van der Waals surface area contributed by atoms with E-state index in [4.69, 9.17) is 34.5 Å². The van der Waals surface area contributed by atoms with Crippen molar-refractivity contribution in [3.63, 3.8) is 0 Å². The summed E-state index contributed by atoms with van der Waals surface area (Å²) in [5.41, 5.74) is 7.29. The fourth-order valence-corrected chi connectivity index (χ4v) is 4.04. The van der Waals surface area contributed by atoms with Crippen molar-refractivity contribution in [2.24, 2.45) is 5.73 Å².